The van der Waals surface area contributed by atoms with E-state index in [4.69, 9.17) is 4.74 Å². The van der Waals surface area contributed by atoms with Crippen molar-refractivity contribution in [3.05, 3.63) is 42.0 Å². The van der Waals surface area contributed by atoms with Crippen LogP contribution in [-0.4, -0.2) is 60.6 Å². The Hall–Kier alpha value is -3.36. The van der Waals surface area contributed by atoms with E-state index in [2.05, 4.69) is 21.9 Å². The van der Waals surface area contributed by atoms with Gasteiger partial charge in [-0.25, -0.2) is 4.79 Å². The zero-order chi connectivity index (χ0) is 28.2. The molecule has 1 rings (SSSR count). The quantitative estimate of drug-likeness (QED) is 0.379. The number of carbonyl (C=O) groups excluding carboxylic acids is 4. The van der Waals surface area contributed by atoms with Crippen LogP contribution < -0.4 is 10.6 Å². The van der Waals surface area contributed by atoms with Gasteiger partial charge in [-0.1, -0.05) is 64.5 Å². The minimum atomic E-state index is -1.05. The fourth-order valence-corrected chi connectivity index (χ4v) is 3.65. The van der Waals surface area contributed by atoms with Gasteiger partial charge in [-0.05, 0) is 50.3 Å². The summed E-state index contributed by atoms with van der Waals surface area (Å²) < 4.78 is 10.1. The fraction of sp³-hybridized carbons (Fsp3) is 0.571. The number of hydrogen-bond donors (Lipinski definition) is 2. The van der Waals surface area contributed by atoms with E-state index < -0.39 is 41.6 Å². The molecule has 0 aliphatic rings. The molecule has 0 radical (unpaired) electrons. The van der Waals surface area contributed by atoms with E-state index in [-0.39, 0.29) is 19.0 Å². The summed E-state index contributed by atoms with van der Waals surface area (Å²) in [6.07, 6.45) is 2.96. The topological polar surface area (TPSA) is 114 Å². The number of rotatable bonds is 13. The van der Waals surface area contributed by atoms with Crippen LogP contribution in [0, 0.1) is 5.92 Å². The predicted octanol–water partition coefficient (Wildman–Crippen LogP) is 4.23. The van der Waals surface area contributed by atoms with Gasteiger partial charge < -0.3 is 25.0 Å². The Morgan fingerprint density at radius 1 is 1.16 bits per heavy atom. The smallest absolute Gasteiger partial charge is 0.408 e. The third-order valence-electron chi connectivity index (χ3n) is 5.84. The van der Waals surface area contributed by atoms with Crippen molar-refractivity contribution in [1.29, 1.82) is 0 Å². The molecule has 0 aliphatic carbocycles. The lowest BCUT2D eigenvalue weighted by Gasteiger charge is -2.36. The van der Waals surface area contributed by atoms with Gasteiger partial charge in [-0.2, -0.15) is 0 Å². The minimum Gasteiger partial charge on any atom is -0.468 e. The number of nitrogens with one attached hydrogen (secondary N) is 2. The molecule has 0 aliphatic heterocycles. The highest BCUT2D eigenvalue weighted by Crippen LogP contribution is 2.26. The second kappa shape index (κ2) is 15.0. The van der Waals surface area contributed by atoms with Crippen molar-refractivity contribution in [2.75, 3.05) is 20.2 Å². The molecule has 9 nitrogen and oxygen atoms in total. The summed E-state index contributed by atoms with van der Waals surface area (Å²) in [7, 11) is 1.23. The van der Waals surface area contributed by atoms with Gasteiger partial charge in [-0.3, -0.25) is 14.4 Å². The number of benzene rings is 1. The summed E-state index contributed by atoms with van der Waals surface area (Å²) in [5, 5.41) is 5.32. The van der Waals surface area contributed by atoms with E-state index in [0.29, 0.717) is 18.4 Å². The maximum atomic E-state index is 14.1. The van der Waals surface area contributed by atoms with Gasteiger partial charge >= 0.3 is 12.1 Å². The minimum absolute atomic E-state index is 0.234. The molecule has 9 heteroatoms. The molecule has 0 saturated heterocycles. The lowest BCUT2D eigenvalue weighted by atomic mass is 9.95. The molecule has 0 fully saturated rings. The Morgan fingerprint density at radius 2 is 1.84 bits per heavy atom. The van der Waals surface area contributed by atoms with Gasteiger partial charge in [0.25, 0.3) is 0 Å². The first-order chi connectivity index (χ1) is 17.4. The lowest BCUT2D eigenvalue weighted by Crippen LogP contribution is -2.55. The summed E-state index contributed by atoms with van der Waals surface area (Å²) >= 11 is 0. The number of carbonyl (C=O) groups is 4. The Bertz CT molecular complexity index is 940. The normalized spacial score (nSPS) is 13.5. The zero-order valence-corrected chi connectivity index (χ0v) is 23.3. The lowest BCUT2D eigenvalue weighted by molar-refractivity contribution is -0.145. The molecule has 3 amide bonds. The summed E-state index contributed by atoms with van der Waals surface area (Å²) in [6.45, 7) is 14.7. The van der Waals surface area contributed by atoms with Gasteiger partial charge in [0.15, 0.2) is 0 Å². The van der Waals surface area contributed by atoms with E-state index in [0.717, 1.165) is 12.0 Å². The number of unbranched alkanes of at least 4 members (excludes halogenated alkanes) is 1. The molecule has 37 heavy (non-hydrogen) atoms. The summed E-state index contributed by atoms with van der Waals surface area (Å²) in [6, 6.07) is 5.18. The Morgan fingerprint density at radius 3 is 2.38 bits per heavy atom. The van der Waals surface area contributed by atoms with E-state index in [1.54, 1.807) is 45.0 Å². The standard InChI is InChI=1S/C28H43N3O6/c1-9-12-16-31(26(34)23(19(4)10-2)30-27(35)37-28(5,6)7)24(25(33)29-18-22(32)36-8)21-15-13-14-20(11-3)17-21/h11,13-15,17,19,23-24H,3,9-10,12,16,18H2,1-2,4-8H3,(H,29,33)(H,30,35). The van der Waals surface area contributed by atoms with Crippen molar-refractivity contribution >= 4 is 30.0 Å². The van der Waals surface area contributed by atoms with Crippen molar-refractivity contribution in [1.82, 2.24) is 15.5 Å². The van der Waals surface area contributed by atoms with Crippen LogP contribution in [0.3, 0.4) is 0 Å². The first-order valence-electron chi connectivity index (χ1n) is 12.7. The van der Waals surface area contributed by atoms with Crippen molar-refractivity contribution in [3.63, 3.8) is 0 Å². The molecule has 2 N–H and O–H groups in total. The van der Waals surface area contributed by atoms with Gasteiger partial charge in [0.2, 0.25) is 11.8 Å². The number of amides is 3. The summed E-state index contributed by atoms with van der Waals surface area (Å²) in [5.41, 5.74) is 0.595. The first kappa shape index (κ1) is 31.7. The molecule has 0 spiro atoms. The molecule has 1 aromatic rings. The number of ether oxygens (including phenoxy) is 2. The van der Waals surface area contributed by atoms with Crippen LogP contribution in [0.1, 0.15) is 78.0 Å². The largest absolute Gasteiger partial charge is 0.468 e. The molecule has 3 atom stereocenters. The van der Waals surface area contributed by atoms with E-state index in [1.165, 1.54) is 12.0 Å². The Balaban J connectivity index is 3.54. The average Bonchev–Trinajstić information content (AvgIpc) is 2.86. The maximum Gasteiger partial charge on any atom is 0.408 e. The molecule has 0 saturated carbocycles. The predicted molar refractivity (Wildman–Crippen MR) is 144 cm³/mol. The van der Waals surface area contributed by atoms with Crippen LogP contribution in [0.4, 0.5) is 4.79 Å². The molecule has 0 bridgehead atoms. The molecule has 1 aromatic carbocycles. The fourth-order valence-electron chi connectivity index (χ4n) is 3.65. The van der Waals surface area contributed by atoms with Crippen LogP contribution in [0.2, 0.25) is 0 Å². The van der Waals surface area contributed by atoms with Crippen LogP contribution in [0.5, 0.6) is 0 Å². The van der Waals surface area contributed by atoms with Gasteiger partial charge in [0.1, 0.15) is 24.2 Å². The van der Waals surface area contributed by atoms with Crippen LogP contribution in [0.15, 0.2) is 30.8 Å². The number of methoxy groups -OCH3 is 1. The molecule has 206 valence electrons. The third kappa shape index (κ3) is 10.3. The number of hydrogen-bond acceptors (Lipinski definition) is 6. The monoisotopic (exact) mass is 517 g/mol. The van der Waals surface area contributed by atoms with E-state index >= 15 is 0 Å². The Labute approximate surface area is 221 Å². The molecule has 3 unspecified atom stereocenters. The number of alkyl carbamates (subject to hydrolysis) is 1. The van der Waals surface area contributed by atoms with Crippen molar-refractivity contribution in [2.45, 2.75) is 78.5 Å². The van der Waals surface area contributed by atoms with Gasteiger partial charge in [0, 0.05) is 6.54 Å². The SMILES string of the molecule is C=Cc1cccc(C(C(=O)NCC(=O)OC)N(CCCC)C(=O)C(NC(=O)OC(C)(C)C)C(C)CC)c1. The van der Waals surface area contributed by atoms with E-state index in [9.17, 15) is 19.2 Å². The van der Waals surface area contributed by atoms with Crippen molar-refractivity contribution < 1.29 is 28.7 Å². The van der Waals surface area contributed by atoms with Gasteiger partial charge in [0.05, 0.1) is 7.11 Å². The van der Waals surface area contributed by atoms with Crippen LogP contribution >= 0.6 is 0 Å². The Kier molecular flexibility index (Phi) is 12.9. The van der Waals surface area contributed by atoms with Crippen molar-refractivity contribution in [2.24, 2.45) is 5.92 Å². The van der Waals surface area contributed by atoms with Crippen LogP contribution in [-0.2, 0) is 23.9 Å². The summed E-state index contributed by atoms with van der Waals surface area (Å²) in [5.74, 6) is -1.78. The van der Waals surface area contributed by atoms with Crippen LogP contribution in [0.25, 0.3) is 6.08 Å². The second-order valence-electron chi connectivity index (χ2n) is 9.97. The first-order valence-corrected chi connectivity index (χ1v) is 12.7. The second-order valence-corrected chi connectivity index (χ2v) is 9.97. The highest BCUT2D eigenvalue weighted by Gasteiger charge is 2.38. The summed E-state index contributed by atoms with van der Waals surface area (Å²) in [4.78, 5) is 53.4. The number of esters is 1. The maximum absolute atomic E-state index is 14.1. The van der Waals surface area contributed by atoms with Gasteiger partial charge in [-0.15, -0.1) is 0 Å². The molecule has 0 aromatic heterocycles. The molecular weight excluding hydrogens is 474 g/mol. The highest BCUT2D eigenvalue weighted by molar-refractivity contribution is 5.93. The third-order valence-corrected chi connectivity index (χ3v) is 5.84. The molecular formula is C28H43N3O6. The van der Waals surface area contributed by atoms with E-state index in [1.807, 2.05) is 26.8 Å². The van der Waals surface area contributed by atoms with Crippen molar-refractivity contribution in [3.8, 4) is 0 Å². The average molecular weight is 518 g/mol. The zero-order valence-electron chi connectivity index (χ0n) is 23.3. The number of nitrogens with zero attached hydrogens (tertiary/aromatic N) is 1. The highest BCUT2D eigenvalue weighted by atomic mass is 16.6. The molecule has 0 heterocycles.